The van der Waals surface area contributed by atoms with E-state index >= 15 is 0 Å². The molecule has 0 amide bonds. The topological polar surface area (TPSA) is 73.2 Å². The van der Waals surface area contributed by atoms with Crippen LogP contribution in [0.15, 0.2) is 18.2 Å². The van der Waals surface area contributed by atoms with E-state index in [9.17, 15) is 9.90 Å². The first-order valence-electron chi connectivity index (χ1n) is 9.27. The van der Waals surface area contributed by atoms with Gasteiger partial charge in [-0.3, -0.25) is 4.90 Å². The predicted octanol–water partition coefficient (Wildman–Crippen LogP) is 2.44. The largest absolute Gasteiger partial charge is 0.489 e. The number of hydrogen-bond donors (Lipinski definition) is 2. The van der Waals surface area contributed by atoms with Gasteiger partial charge in [-0.1, -0.05) is 20.8 Å². The Bertz CT molecular complexity index is 604. The molecule has 1 aliphatic rings. The van der Waals surface area contributed by atoms with Gasteiger partial charge < -0.3 is 19.8 Å². The fourth-order valence-corrected chi connectivity index (χ4v) is 2.99. The summed E-state index contributed by atoms with van der Waals surface area (Å²) >= 11 is 0. The molecule has 2 rings (SSSR count). The first-order valence-corrected chi connectivity index (χ1v) is 9.27. The van der Waals surface area contributed by atoms with Crippen LogP contribution in [-0.4, -0.2) is 71.5 Å². The van der Waals surface area contributed by atoms with Crippen molar-refractivity contribution in [3.8, 4) is 5.75 Å². The fraction of sp³-hybridized carbons (Fsp3) is 0.650. The molecular formula is C20H32N2O4. The molecule has 0 aliphatic carbocycles. The maximum atomic E-state index is 11.0. The number of carboxylic acids is 1. The highest BCUT2D eigenvalue weighted by molar-refractivity contribution is 5.88. The molecule has 146 valence electrons. The van der Waals surface area contributed by atoms with Gasteiger partial charge in [0.2, 0.25) is 0 Å². The van der Waals surface area contributed by atoms with Gasteiger partial charge >= 0.3 is 5.97 Å². The zero-order chi connectivity index (χ0) is 19.3. The monoisotopic (exact) mass is 364 g/mol. The molecule has 1 aliphatic heterocycles. The third-order valence-electron chi connectivity index (χ3n) is 4.82. The number of benzene rings is 1. The van der Waals surface area contributed by atoms with E-state index in [1.54, 1.807) is 12.1 Å². The van der Waals surface area contributed by atoms with Gasteiger partial charge in [0.05, 0.1) is 5.56 Å². The summed E-state index contributed by atoms with van der Waals surface area (Å²) in [6, 6.07) is 4.75. The van der Waals surface area contributed by atoms with Crippen molar-refractivity contribution in [2.45, 2.75) is 40.3 Å². The van der Waals surface area contributed by atoms with Crippen molar-refractivity contribution in [2.24, 2.45) is 5.41 Å². The van der Waals surface area contributed by atoms with E-state index in [0.717, 1.165) is 38.3 Å². The minimum Gasteiger partial charge on any atom is -0.489 e. The standard InChI is InChI=1S/C20H32N2O4/c1-15-13-16(19(24)25)5-6-17(15)26-14-18(23)22-11-9-21(10-12-22)8-7-20(2,3)4/h5-6,13,18,23H,7-12,14H2,1-4H3,(H,24,25). The lowest BCUT2D eigenvalue weighted by Crippen LogP contribution is -2.52. The van der Waals surface area contributed by atoms with Gasteiger partial charge in [-0.15, -0.1) is 0 Å². The van der Waals surface area contributed by atoms with E-state index in [-0.39, 0.29) is 12.2 Å². The van der Waals surface area contributed by atoms with E-state index in [4.69, 9.17) is 9.84 Å². The number of rotatable bonds is 7. The van der Waals surface area contributed by atoms with Gasteiger partial charge in [0.15, 0.2) is 0 Å². The molecule has 0 saturated carbocycles. The molecule has 1 aromatic carbocycles. The summed E-state index contributed by atoms with van der Waals surface area (Å²) in [5.41, 5.74) is 1.34. The number of aryl methyl sites for hydroxylation is 1. The number of nitrogens with zero attached hydrogens (tertiary/aromatic N) is 2. The van der Waals surface area contributed by atoms with Crippen LogP contribution in [0.4, 0.5) is 0 Å². The Labute approximate surface area is 156 Å². The van der Waals surface area contributed by atoms with E-state index in [1.165, 1.54) is 12.5 Å². The summed E-state index contributed by atoms with van der Waals surface area (Å²) in [6.07, 6.45) is 0.517. The molecule has 2 N–H and O–H groups in total. The molecule has 0 radical (unpaired) electrons. The van der Waals surface area contributed by atoms with Gasteiger partial charge in [0, 0.05) is 26.2 Å². The summed E-state index contributed by atoms with van der Waals surface area (Å²) in [4.78, 5) is 15.5. The summed E-state index contributed by atoms with van der Waals surface area (Å²) in [7, 11) is 0. The number of hydrogen-bond acceptors (Lipinski definition) is 5. The molecule has 0 bridgehead atoms. The van der Waals surface area contributed by atoms with Crippen molar-refractivity contribution >= 4 is 5.97 Å². The third kappa shape index (κ3) is 6.27. The van der Waals surface area contributed by atoms with E-state index in [1.807, 2.05) is 11.8 Å². The number of aliphatic hydroxyl groups excluding tert-OH is 1. The minimum atomic E-state index is -0.955. The Hall–Kier alpha value is -1.63. The number of piperazine rings is 1. The maximum absolute atomic E-state index is 11.0. The summed E-state index contributed by atoms with van der Waals surface area (Å²) in [6.45, 7) is 13.4. The van der Waals surface area contributed by atoms with Crippen LogP contribution in [0.25, 0.3) is 0 Å². The second-order valence-corrected chi connectivity index (χ2v) is 8.27. The first kappa shape index (κ1) is 20.7. The molecule has 1 saturated heterocycles. The molecule has 26 heavy (non-hydrogen) atoms. The predicted molar refractivity (Wildman–Crippen MR) is 102 cm³/mol. The number of carbonyl (C=O) groups is 1. The Kier molecular flexibility index (Phi) is 7.03. The average molecular weight is 364 g/mol. The Morgan fingerprint density at radius 1 is 1.23 bits per heavy atom. The molecule has 0 spiro atoms. The van der Waals surface area contributed by atoms with Crippen LogP contribution >= 0.6 is 0 Å². The number of aliphatic hydroxyl groups is 1. The fourth-order valence-electron chi connectivity index (χ4n) is 2.99. The van der Waals surface area contributed by atoms with Gasteiger partial charge in [-0.05, 0) is 49.1 Å². The molecule has 1 atom stereocenters. The first-order chi connectivity index (χ1) is 12.2. The van der Waals surface area contributed by atoms with Crippen LogP contribution in [0.5, 0.6) is 5.75 Å². The highest BCUT2D eigenvalue weighted by atomic mass is 16.5. The van der Waals surface area contributed by atoms with Crippen molar-refractivity contribution in [1.82, 2.24) is 9.80 Å². The van der Waals surface area contributed by atoms with Crippen LogP contribution in [-0.2, 0) is 0 Å². The van der Waals surface area contributed by atoms with Crippen molar-refractivity contribution in [2.75, 3.05) is 39.3 Å². The lowest BCUT2D eigenvalue weighted by molar-refractivity contribution is -0.0501. The SMILES string of the molecule is Cc1cc(C(=O)O)ccc1OCC(O)N1CCN(CCC(C)(C)C)CC1. The smallest absolute Gasteiger partial charge is 0.335 e. The molecule has 1 unspecified atom stereocenters. The second-order valence-electron chi connectivity index (χ2n) is 8.27. The average Bonchev–Trinajstić information content (AvgIpc) is 2.58. The minimum absolute atomic E-state index is 0.176. The van der Waals surface area contributed by atoms with Crippen molar-refractivity contribution in [3.05, 3.63) is 29.3 Å². The molecular weight excluding hydrogens is 332 g/mol. The third-order valence-corrected chi connectivity index (χ3v) is 4.82. The maximum Gasteiger partial charge on any atom is 0.335 e. The van der Waals surface area contributed by atoms with Crippen molar-refractivity contribution in [3.63, 3.8) is 0 Å². The molecule has 6 heteroatoms. The van der Waals surface area contributed by atoms with E-state index in [0.29, 0.717) is 11.2 Å². The van der Waals surface area contributed by atoms with Crippen molar-refractivity contribution < 1.29 is 19.7 Å². The highest BCUT2D eigenvalue weighted by Crippen LogP contribution is 2.21. The Morgan fingerprint density at radius 2 is 1.88 bits per heavy atom. The molecule has 0 aromatic heterocycles. The second kappa shape index (κ2) is 8.84. The molecule has 1 aromatic rings. The summed E-state index contributed by atoms with van der Waals surface area (Å²) < 4.78 is 5.71. The van der Waals surface area contributed by atoms with Crippen LogP contribution < -0.4 is 4.74 Å². The van der Waals surface area contributed by atoms with Crippen LogP contribution in [0, 0.1) is 12.3 Å². The van der Waals surface area contributed by atoms with Gasteiger partial charge in [0.25, 0.3) is 0 Å². The van der Waals surface area contributed by atoms with Gasteiger partial charge in [-0.25, -0.2) is 4.79 Å². The lowest BCUT2D eigenvalue weighted by Gasteiger charge is -2.38. The van der Waals surface area contributed by atoms with Crippen LogP contribution in [0.2, 0.25) is 0 Å². The molecule has 1 fully saturated rings. The highest BCUT2D eigenvalue weighted by Gasteiger charge is 2.23. The van der Waals surface area contributed by atoms with E-state index < -0.39 is 12.2 Å². The number of ether oxygens (including phenoxy) is 1. The zero-order valence-electron chi connectivity index (χ0n) is 16.4. The molecule has 1 heterocycles. The lowest BCUT2D eigenvalue weighted by atomic mass is 9.92. The normalized spacial score (nSPS) is 17.9. The quantitative estimate of drug-likeness (QED) is 0.774. The van der Waals surface area contributed by atoms with Crippen LogP contribution in [0.1, 0.15) is 43.1 Å². The molecule has 6 nitrogen and oxygen atoms in total. The van der Waals surface area contributed by atoms with E-state index in [2.05, 4.69) is 25.7 Å². The van der Waals surface area contributed by atoms with Gasteiger partial charge in [0.1, 0.15) is 18.6 Å². The zero-order valence-corrected chi connectivity index (χ0v) is 16.4. The summed E-state index contributed by atoms with van der Waals surface area (Å²) in [5, 5.41) is 19.4. The van der Waals surface area contributed by atoms with Gasteiger partial charge in [-0.2, -0.15) is 0 Å². The number of aromatic carboxylic acids is 1. The Balaban J connectivity index is 1.77. The number of carboxylic acid groups (broad SMARTS) is 1. The summed E-state index contributed by atoms with van der Waals surface area (Å²) in [5.74, 6) is -0.345. The Morgan fingerprint density at radius 3 is 2.42 bits per heavy atom. The van der Waals surface area contributed by atoms with Crippen molar-refractivity contribution in [1.29, 1.82) is 0 Å². The van der Waals surface area contributed by atoms with Crippen LogP contribution in [0.3, 0.4) is 0 Å².